The highest BCUT2D eigenvalue weighted by molar-refractivity contribution is 6.09. The summed E-state index contributed by atoms with van der Waals surface area (Å²) in [6.07, 6.45) is 6.17. The Bertz CT molecular complexity index is 1500. The van der Waals surface area contributed by atoms with Crippen molar-refractivity contribution in [2.45, 2.75) is 39.5 Å². The van der Waals surface area contributed by atoms with Gasteiger partial charge in [-0.3, -0.25) is 4.79 Å². The molecule has 2 heterocycles. The van der Waals surface area contributed by atoms with Crippen molar-refractivity contribution in [2.75, 3.05) is 19.0 Å². The molecule has 10 heteroatoms. The van der Waals surface area contributed by atoms with E-state index in [9.17, 15) is 19.6 Å². The van der Waals surface area contributed by atoms with Gasteiger partial charge in [0.2, 0.25) is 0 Å². The van der Waals surface area contributed by atoms with E-state index in [1.165, 1.54) is 7.11 Å². The Morgan fingerprint density at radius 2 is 1.85 bits per heavy atom. The summed E-state index contributed by atoms with van der Waals surface area (Å²) in [7, 11) is 1.51. The maximum atomic E-state index is 13.8. The molecule has 0 saturated carbocycles. The van der Waals surface area contributed by atoms with E-state index in [0.29, 0.717) is 57.2 Å². The van der Waals surface area contributed by atoms with E-state index in [4.69, 9.17) is 15.9 Å². The van der Waals surface area contributed by atoms with Gasteiger partial charge in [-0.25, -0.2) is 9.59 Å². The van der Waals surface area contributed by atoms with Gasteiger partial charge in [-0.2, -0.15) is 5.17 Å². The molecule has 40 heavy (non-hydrogen) atoms. The number of hydroxylamine groups is 1. The standard InChI is InChI=1S/C30H30N4O6/c1-6-19-8-14-24(39-5)22(16-19)28-26(17(3)31-18(4)27(28)30(37)40-7-2)29(36)32-21-11-9-20(10-12-21)23-13-15-25(35)34(38)33-23/h1,8-12,14,16,28,31,34H,7,13,15H2,2-5H3,(H,32,36). The number of ether oxygens (including phenoxy) is 2. The topological polar surface area (TPSA) is 134 Å². The molecule has 4 rings (SSSR count). The van der Waals surface area contributed by atoms with Gasteiger partial charge in [0.25, 0.3) is 5.91 Å². The van der Waals surface area contributed by atoms with Crippen molar-refractivity contribution in [3.63, 3.8) is 0 Å². The lowest BCUT2D eigenvalue weighted by molar-refractivity contribution is -0.773. The Morgan fingerprint density at radius 1 is 1.15 bits per heavy atom. The molecule has 2 atom stereocenters. The van der Waals surface area contributed by atoms with Crippen molar-refractivity contribution >= 4 is 29.2 Å². The van der Waals surface area contributed by atoms with Crippen molar-refractivity contribution in [1.82, 2.24) is 5.32 Å². The van der Waals surface area contributed by atoms with Crippen LogP contribution in [0.2, 0.25) is 0 Å². The van der Waals surface area contributed by atoms with Gasteiger partial charge in [0.15, 0.2) is 0 Å². The van der Waals surface area contributed by atoms with E-state index >= 15 is 0 Å². The summed E-state index contributed by atoms with van der Waals surface area (Å²) in [6.45, 7) is 5.38. The average molecular weight is 543 g/mol. The lowest BCUT2D eigenvalue weighted by Gasteiger charge is -2.31. The zero-order valence-electron chi connectivity index (χ0n) is 22.7. The van der Waals surface area contributed by atoms with E-state index in [2.05, 4.69) is 21.7 Å². The molecule has 0 aromatic heterocycles. The molecule has 2 aliphatic heterocycles. The van der Waals surface area contributed by atoms with E-state index < -0.39 is 28.9 Å². The molecule has 0 aliphatic carbocycles. The summed E-state index contributed by atoms with van der Waals surface area (Å²) in [5.41, 5.74) is 4.49. The van der Waals surface area contributed by atoms with E-state index in [0.717, 1.165) is 0 Å². The SMILES string of the molecule is C#Cc1ccc(OC)c(C2C(C(=O)Nc3ccc(C4=N[NH+]([O-])C(=O)CC4)cc3)=C(C)NC(C)=C2C(=O)OCC)c1. The van der Waals surface area contributed by atoms with Crippen molar-refractivity contribution < 1.29 is 29.0 Å². The van der Waals surface area contributed by atoms with Crippen molar-refractivity contribution in [3.05, 3.63) is 86.9 Å². The number of nitrogens with one attached hydrogen (secondary N) is 3. The predicted molar refractivity (Wildman–Crippen MR) is 149 cm³/mol. The number of dihydropyridines is 1. The summed E-state index contributed by atoms with van der Waals surface area (Å²) < 4.78 is 11.0. The molecule has 0 bridgehead atoms. The summed E-state index contributed by atoms with van der Waals surface area (Å²) in [6, 6.07) is 12.0. The Hall–Kier alpha value is -4.72. The number of hydrogen-bond acceptors (Lipinski definition) is 8. The minimum absolute atomic E-state index is 0.123. The number of nitrogens with zero attached hydrogens (tertiary/aromatic N) is 1. The van der Waals surface area contributed by atoms with Gasteiger partial charge in [-0.15, -0.1) is 6.42 Å². The molecule has 3 N–H and O–H groups in total. The van der Waals surface area contributed by atoms with Crippen LogP contribution in [0.25, 0.3) is 0 Å². The zero-order valence-corrected chi connectivity index (χ0v) is 22.7. The Labute approximate surface area is 232 Å². The van der Waals surface area contributed by atoms with Gasteiger partial charge in [-0.1, -0.05) is 23.2 Å². The number of benzene rings is 2. The fraction of sp³-hybridized carbons (Fsp3) is 0.267. The lowest BCUT2D eigenvalue weighted by Crippen LogP contribution is -3.06. The van der Waals surface area contributed by atoms with E-state index in [1.807, 2.05) is 0 Å². The minimum atomic E-state index is -0.831. The van der Waals surface area contributed by atoms with Crippen LogP contribution in [0.1, 0.15) is 56.2 Å². The fourth-order valence-electron chi connectivity index (χ4n) is 4.87. The smallest absolute Gasteiger partial charge is 0.338 e. The van der Waals surface area contributed by atoms with E-state index in [-0.39, 0.29) is 18.6 Å². The predicted octanol–water partition coefficient (Wildman–Crippen LogP) is 2.52. The molecule has 206 valence electrons. The highest BCUT2D eigenvalue weighted by Gasteiger charge is 2.39. The number of hydrogen-bond donors (Lipinski definition) is 3. The Kier molecular flexibility index (Phi) is 8.48. The molecular weight excluding hydrogens is 512 g/mol. The highest BCUT2D eigenvalue weighted by Crippen LogP contribution is 2.43. The molecule has 2 unspecified atom stereocenters. The van der Waals surface area contributed by atoms with Gasteiger partial charge in [-0.05, 0) is 51.1 Å². The summed E-state index contributed by atoms with van der Waals surface area (Å²) in [5.74, 6) is 0.731. The molecule has 0 saturated heterocycles. The number of rotatable bonds is 7. The molecule has 0 fully saturated rings. The molecular formula is C30H30N4O6. The monoisotopic (exact) mass is 542 g/mol. The molecule has 2 aliphatic rings. The number of allylic oxidation sites excluding steroid dienone is 2. The van der Waals surface area contributed by atoms with Gasteiger partial charge in [0.05, 0.1) is 31.6 Å². The maximum absolute atomic E-state index is 13.8. The molecule has 2 amide bonds. The largest absolute Gasteiger partial charge is 0.599 e. The molecule has 2 aromatic carbocycles. The maximum Gasteiger partial charge on any atom is 0.338 e. The second kappa shape index (κ2) is 12.0. The summed E-state index contributed by atoms with van der Waals surface area (Å²) >= 11 is 0. The number of esters is 1. The quantitative estimate of drug-likeness (QED) is 0.278. The average Bonchev–Trinajstić information content (AvgIpc) is 2.94. The minimum Gasteiger partial charge on any atom is -0.599 e. The second-order valence-electron chi connectivity index (χ2n) is 9.28. The third-order valence-corrected chi connectivity index (χ3v) is 6.75. The van der Waals surface area contributed by atoms with Crippen molar-refractivity contribution in [3.8, 4) is 18.1 Å². The van der Waals surface area contributed by atoms with Crippen LogP contribution in [0.4, 0.5) is 5.69 Å². The highest BCUT2D eigenvalue weighted by atomic mass is 16.5. The number of carbonyl (C=O) groups excluding carboxylic acids is 3. The Morgan fingerprint density at radius 3 is 2.48 bits per heavy atom. The normalized spacial score (nSPS) is 18.9. The van der Waals surface area contributed by atoms with Crippen molar-refractivity contribution in [2.24, 2.45) is 5.10 Å². The van der Waals surface area contributed by atoms with Gasteiger partial charge in [0, 0.05) is 45.8 Å². The number of quaternary nitrogens is 1. The number of anilines is 1. The number of carbonyl (C=O) groups is 3. The molecule has 10 nitrogen and oxygen atoms in total. The van der Waals surface area contributed by atoms with Crippen LogP contribution < -0.4 is 20.5 Å². The van der Waals surface area contributed by atoms with E-state index in [1.54, 1.807) is 63.2 Å². The third kappa shape index (κ3) is 5.66. The van der Waals surface area contributed by atoms with Crippen LogP contribution in [-0.2, 0) is 19.1 Å². The number of methoxy groups -OCH3 is 1. The van der Waals surface area contributed by atoms with Crippen LogP contribution in [-0.4, -0.2) is 37.2 Å². The van der Waals surface area contributed by atoms with Crippen LogP contribution in [0.5, 0.6) is 5.75 Å². The lowest BCUT2D eigenvalue weighted by atomic mass is 9.79. The first-order valence-corrected chi connectivity index (χ1v) is 12.7. The zero-order chi connectivity index (χ0) is 29.0. The first-order chi connectivity index (χ1) is 19.2. The van der Waals surface area contributed by atoms with Gasteiger partial charge >= 0.3 is 11.9 Å². The molecule has 0 spiro atoms. The van der Waals surface area contributed by atoms with Crippen LogP contribution >= 0.6 is 0 Å². The van der Waals surface area contributed by atoms with Crippen LogP contribution in [0.15, 0.2) is 70.1 Å². The molecule has 0 radical (unpaired) electrons. The van der Waals surface area contributed by atoms with Gasteiger partial charge in [0.1, 0.15) is 11.5 Å². The van der Waals surface area contributed by atoms with Crippen molar-refractivity contribution in [1.29, 1.82) is 0 Å². The van der Waals surface area contributed by atoms with Crippen LogP contribution in [0.3, 0.4) is 0 Å². The first-order valence-electron chi connectivity index (χ1n) is 12.7. The van der Waals surface area contributed by atoms with Gasteiger partial charge < -0.3 is 25.3 Å². The molecule has 2 aromatic rings. The number of terminal acetylenes is 1. The first kappa shape index (κ1) is 28.3. The Balaban J connectivity index is 1.72. The summed E-state index contributed by atoms with van der Waals surface area (Å²) in [4.78, 5) is 38.5. The second-order valence-corrected chi connectivity index (χ2v) is 9.28. The van der Waals surface area contributed by atoms with Crippen LogP contribution in [0, 0.1) is 17.6 Å². The summed E-state index contributed by atoms with van der Waals surface area (Å²) in [5, 5.41) is 20.9. The third-order valence-electron chi connectivity index (χ3n) is 6.75. The fourth-order valence-corrected chi connectivity index (χ4v) is 4.87. The number of amides is 2.